The van der Waals surface area contributed by atoms with E-state index in [0.29, 0.717) is 11.3 Å². The lowest BCUT2D eigenvalue weighted by Crippen LogP contribution is -2.18. The Morgan fingerprint density at radius 3 is 2.82 bits per heavy atom. The molecule has 0 aliphatic heterocycles. The molecule has 0 bridgehead atoms. The number of hydrogen-bond acceptors (Lipinski definition) is 5. The SMILES string of the molecule is Cc1cccc(OCC(=O)ON=C(N)c2cccnc2)c1C. The Hall–Kier alpha value is -2.89. The average molecular weight is 299 g/mol. The molecule has 0 atom stereocenters. The van der Waals surface area contributed by atoms with Crippen molar-refractivity contribution in [1.82, 2.24) is 4.98 Å². The molecule has 0 fully saturated rings. The molecule has 2 N–H and O–H groups in total. The Balaban J connectivity index is 1.90. The summed E-state index contributed by atoms with van der Waals surface area (Å²) in [6, 6.07) is 9.05. The highest BCUT2D eigenvalue weighted by molar-refractivity contribution is 5.97. The molecule has 2 aromatic rings. The number of aromatic nitrogens is 1. The molecular formula is C16H17N3O3. The molecule has 1 heterocycles. The summed E-state index contributed by atoms with van der Waals surface area (Å²) in [5, 5.41) is 3.57. The van der Waals surface area contributed by atoms with Gasteiger partial charge in [0.2, 0.25) is 0 Å². The number of ether oxygens (including phenoxy) is 1. The van der Waals surface area contributed by atoms with Gasteiger partial charge in [-0.2, -0.15) is 0 Å². The van der Waals surface area contributed by atoms with E-state index in [1.54, 1.807) is 24.4 Å². The van der Waals surface area contributed by atoms with Crippen molar-refractivity contribution in [2.24, 2.45) is 10.9 Å². The van der Waals surface area contributed by atoms with Crippen molar-refractivity contribution in [3.8, 4) is 5.75 Å². The molecule has 0 unspecified atom stereocenters. The third kappa shape index (κ3) is 4.05. The Morgan fingerprint density at radius 2 is 2.09 bits per heavy atom. The third-order valence-electron chi connectivity index (χ3n) is 3.10. The molecule has 0 radical (unpaired) electrons. The lowest BCUT2D eigenvalue weighted by Gasteiger charge is -2.09. The summed E-state index contributed by atoms with van der Waals surface area (Å²) in [4.78, 5) is 20.2. The van der Waals surface area contributed by atoms with Crippen LogP contribution in [0.4, 0.5) is 0 Å². The van der Waals surface area contributed by atoms with Gasteiger partial charge in [-0.25, -0.2) is 4.79 Å². The largest absolute Gasteiger partial charge is 0.482 e. The smallest absolute Gasteiger partial charge is 0.372 e. The van der Waals surface area contributed by atoms with Crippen LogP contribution in [0.2, 0.25) is 0 Å². The van der Waals surface area contributed by atoms with Crippen LogP contribution in [0.1, 0.15) is 16.7 Å². The van der Waals surface area contributed by atoms with Gasteiger partial charge in [0, 0.05) is 18.0 Å². The van der Waals surface area contributed by atoms with Crippen LogP contribution in [0, 0.1) is 13.8 Å². The maximum Gasteiger partial charge on any atom is 0.372 e. The highest BCUT2D eigenvalue weighted by Crippen LogP contribution is 2.20. The van der Waals surface area contributed by atoms with E-state index in [2.05, 4.69) is 10.1 Å². The van der Waals surface area contributed by atoms with Crippen molar-refractivity contribution >= 4 is 11.8 Å². The number of carbonyl (C=O) groups is 1. The van der Waals surface area contributed by atoms with Gasteiger partial charge in [0.15, 0.2) is 12.4 Å². The van der Waals surface area contributed by atoms with Crippen molar-refractivity contribution in [3.63, 3.8) is 0 Å². The van der Waals surface area contributed by atoms with E-state index < -0.39 is 5.97 Å². The Morgan fingerprint density at radius 1 is 1.27 bits per heavy atom. The highest BCUT2D eigenvalue weighted by atomic mass is 16.7. The van der Waals surface area contributed by atoms with Gasteiger partial charge in [-0.1, -0.05) is 17.3 Å². The summed E-state index contributed by atoms with van der Waals surface area (Å²) < 4.78 is 5.42. The molecule has 6 nitrogen and oxygen atoms in total. The minimum Gasteiger partial charge on any atom is -0.482 e. The number of hydrogen-bond donors (Lipinski definition) is 1. The second-order valence-electron chi connectivity index (χ2n) is 4.67. The maximum absolute atomic E-state index is 11.6. The zero-order valence-electron chi connectivity index (χ0n) is 12.4. The van der Waals surface area contributed by atoms with Gasteiger partial charge >= 0.3 is 5.97 Å². The normalized spacial score (nSPS) is 11.1. The zero-order chi connectivity index (χ0) is 15.9. The summed E-state index contributed by atoms with van der Waals surface area (Å²) in [6.45, 7) is 3.65. The summed E-state index contributed by atoms with van der Waals surface area (Å²) in [6.07, 6.45) is 3.14. The fourth-order valence-corrected chi connectivity index (χ4v) is 1.71. The number of nitrogens with zero attached hydrogens (tertiary/aromatic N) is 2. The molecule has 1 aromatic heterocycles. The van der Waals surface area contributed by atoms with E-state index in [4.69, 9.17) is 15.3 Å². The first kappa shape index (κ1) is 15.5. The van der Waals surface area contributed by atoms with E-state index in [0.717, 1.165) is 11.1 Å². The lowest BCUT2D eigenvalue weighted by atomic mass is 10.1. The first-order valence-corrected chi connectivity index (χ1v) is 6.70. The lowest BCUT2D eigenvalue weighted by molar-refractivity contribution is -0.146. The standard InChI is InChI=1S/C16H17N3O3/c1-11-5-3-7-14(12(11)2)21-10-15(20)22-19-16(17)13-6-4-8-18-9-13/h3-9H,10H2,1-2H3,(H2,17,19). The van der Waals surface area contributed by atoms with Gasteiger partial charge in [-0.15, -0.1) is 0 Å². The molecule has 1 aromatic carbocycles. The molecule has 0 aliphatic carbocycles. The number of rotatable bonds is 5. The van der Waals surface area contributed by atoms with Crippen molar-refractivity contribution in [2.75, 3.05) is 6.61 Å². The van der Waals surface area contributed by atoms with Crippen LogP contribution in [-0.2, 0) is 9.63 Å². The van der Waals surface area contributed by atoms with Crippen LogP contribution in [0.5, 0.6) is 5.75 Å². The van der Waals surface area contributed by atoms with Crippen molar-refractivity contribution in [2.45, 2.75) is 13.8 Å². The van der Waals surface area contributed by atoms with Gasteiger partial charge < -0.3 is 15.3 Å². The number of oxime groups is 1. The van der Waals surface area contributed by atoms with Crippen molar-refractivity contribution in [1.29, 1.82) is 0 Å². The third-order valence-corrected chi connectivity index (χ3v) is 3.10. The second-order valence-corrected chi connectivity index (χ2v) is 4.67. The number of nitrogens with two attached hydrogens (primary N) is 1. The molecule has 114 valence electrons. The molecule has 22 heavy (non-hydrogen) atoms. The van der Waals surface area contributed by atoms with Crippen LogP contribution < -0.4 is 10.5 Å². The number of pyridine rings is 1. The summed E-state index contributed by atoms with van der Waals surface area (Å²) in [5.41, 5.74) is 8.33. The predicted molar refractivity (Wildman–Crippen MR) is 82.5 cm³/mol. The average Bonchev–Trinajstić information content (AvgIpc) is 2.54. The molecule has 0 aliphatic rings. The monoisotopic (exact) mass is 299 g/mol. The minimum atomic E-state index is -0.632. The minimum absolute atomic E-state index is 0.0770. The zero-order valence-corrected chi connectivity index (χ0v) is 12.4. The Labute approximate surface area is 128 Å². The highest BCUT2D eigenvalue weighted by Gasteiger charge is 2.08. The van der Waals surface area contributed by atoms with Crippen LogP contribution in [0.25, 0.3) is 0 Å². The van der Waals surface area contributed by atoms with E-state index in [1.165, 1.54) is 6.20 Å². The summed E-state index contributed by atoms with van der Waals surface area (Å²) >= 11 is 0. The fourth-order valence-electron chi connectivity index (χ4n) is 1.71. The van der Waals surface area contributed by atoms with Crippen LogP contribution in [-0.4, -0.2) is 23.4 Å². The Bertz CT molecular complexity index is 684. The first-order valence-electron chi connectivity index (χ1n) is 6.70. The van der Waals surface area contributed by atoms with E-state index in [-0.39, 0.29) is 12.4 Å². The maximum atomic E-state index is 11.6. The van der Waals surface area contributed by atoms with Crippen LogP contribution in [0.15, 0.2) is 47.9 Å². The topological polar surface area (TPSA) is 86.8 Å². The first-order chi connectivity index (χ1) is 10.6. The van der Waals surface area contributed by atoms with Gasteiger partial charge in [-0.3, -0.25) is 4.98 Å². The van der Waals surface area contributed by atoms with Crippen molar-refractivity contribution < 1.29 is 14.4 Å². The quantitative estimate of drug-likeness (QED) is 0.394. The second kappa shape index (κ2) is 7.21. The molecule has 0 amide bonds. The van der Waals surface area contributed by atoms with Crippen LogP contribution in [0.3, 0.4) is 0 Å². The number of benzene rings is 1. The van der Waals surface area contributed by atoms with E-state index in [1.807, 2.05) is 26.0 Å². The number of amidine groups is 1. The molecule has 0 saturated carbocycles. The molecule has 2 rings (SSSR count). The summed E-state index contributed by atoms with van der Waals surface area (Å²) in [5.74, 6) is 0.0853. The molecular weight excluding hydrogens is 282 g/mol. The van der Waals surface area contributed by atoms with Gasteiger partial charge in [0.05, 0.1) is 0 Å². The van der Waals surface area contributed by atoms with Gasteiger partial charge in [0.1, 0.15) is 5.75 Å². The summed E-state index contributed by atoms with van der Waals surface area (Å²) in [7, 11) is 0. The fraction of sp³-hybridized carbons (Fsp3) is 0.188. The molecule has 0 spiro atoms. The van der Waals surface area contributed by atoms with E-state index in [9.17, 15) is 4.79 Å². The number of carbonyl (C=O) groups excluding carboxylic acids is 1. The Kier molecular flexibility index (Phi) is 5.08. The van der Waals surface area contributed by atoms with E-state index >= 15 is 0 Å². The van der Waals surface area contributed by atoms with Crippen LogP contribution >= 0.6 is 0 Å². The van der Waals surface area contributed by atoms with Gasteiger partial charge in [-0.05, 0) is 43.2 Å². The van der Waals surface area contributed by atoms with Gasteiger partial charge in [0.25, 0.3) is 0 Å². The molecule has 6 heteroatoms. The molecule has 0 saturated heterocycles. The van der Waals surface area contributed by atoms with Crippen molar-refractivity contribution in [3.05, 3.63) is 59.4 Å². The predicted octanol–water partition coefficient (Wildman–Crippen LogP) is 1.94. The number of aryl methyl sites for hydroxylation is 1.